The Hall–Kier alpha value is -3.78. The topological polar surface area (TPSA) is 159 Å². The summed E-state index contributed by atoms with van der Waals surface area (Å²) in [5.74, 6) is 0.974. The van der Waals surface area contributed by atoms with Gasteiger partial charge >= 0.3 is 12.3 Å². The van der Waals surface area contributed by atoms with Gasteiger partial charge in [0.25, 0.3) is 0 Å². The fourth-order valence-electron chi connectivity index (χ4n) is 4.25. The summed E-state index contributed by atoms with van der Waals surface area (Å²) in [4.78, 5) is 39.0. The molecule has 2 heterocycles. The second-order valence-electron chi connectivity index (χ2n) is 12.5. The first-order valence-corrected chi connectivity index (χ1v) is 14.9. The number of hydrogen-bond acceptors (Lipinski definition) is 13. The molecule has 2 aromatic heterocycles. The fourth-order valence-corrected chi connectivity index (χ4v) is 5.12. The molecule has 14 heteroatoms. The first kappa shape index (κ1) is 33.1. The Balaban J connectivity index is 1.52. The van der Waals surface area contributed by atoms with E-state index in [1.807, 2.05) is 35.8 Å². The predicted molar refractivity (Wildman–Crippen MR) is 162 cm³/mol. The van der Waals surface area contributed by atoms with Gasteiger partial charge in [-0.15, -0.1) is 0 Å². The van der Waals surface area contributed by atoms with Crippen molar-refractivity contribution in [3.8, 4) is 5.75 Å². The highest BCUT2D eigenvalue weighted by Gasteiger charge is 2.55. The molecule has 13 nitrogen and oxygen atoms in total. The van der Waals surface area contributed by atoms with Gasteiger partial charge in [-0.1, -0.05) is 18.7 Å². The molecule has 44 heavy (non-hydrogen) atoms. The Kier molecular flexibility index (Phi) is 9.83. The number of ether oxygens (including phenoxy) is 6. The molecule has 2 unspecified atom stereocenters. The van der Waals surface area contributed by atoms with Gasteiger partial charge in [-0.3, -0.25) is 0 Å². The summed E-state index contributed by atoms with van der Waals surface area (Å²) in [6.07, 6.45) is 0.830. The molecule has 4 rings (SSSR count). The maximum atomic E-state index is 12.3. The molecule has 2 N–H and O–H groups in total. The Morgan fingerprint density at radius 3 is 2.07 bits per heavy atom. The van der Waals surface area contributed by atoms with Crippen molar-refractivity contribution in [2.45, 2.75) is 88.2 Å². The molecule has 0 aliphatic heterocycles. The molecular weight excluding hydrogens is 590 g/mol. The number of carbonyl (C=O) groups excluding carboxylic acids is 2. The molecule has 1 aliphatic rings. The molecule has 0 spiro atoms. The van der Waals surface area contributed by atoms with E-state index in [0.29, 0.717) is 29.2 Å². The van der Waals surface area contributed by atoms with Crippen LogP contribution in [0.15, 0.2) is 40.5 Å². The first-order valence-electron chi connectivity index (χ1n) is 14.1. The molecule has 0 bridgehead atoms. The highest BCUT2D eigenvalue weighted by Crippen LogP contribution is 2.50. The van der Waals surface area contributed by atoms with Crippen LogP contribution in [-0.4, -0.2) is 69.0 Å². The predicted octanol–water partition coefficient (Wildman–Crippen LogP) is 5.80. The molecule has 1 fully saturated rings. The number of anilines is 1. The van der Waals surface area contributed by atoms with Crippen molar-refractivity contribution in [3.05, 3.63) is 36.7 Å². The monoisotopic (exact) mass is 630 g/mol. The Morgan fingerprint density at radius 2 is 1.57 bits per heavy atom. The number of nitrogen functional groups attached to an aromatic ring is 1. The van der Waals surface area contributed by atoms with Crippen molar-refractivity contribution in [2.24, 2.45) is 5.92 Å². The summed E-state index contributed by atoms with van der Waals surface area (Å²) >= 11 is 1.42. The van der Waals surface area contributed by atoms with Crippen molar-refractivity contribution < 1.29 is 38.0 Å². The standard InChI is InChI=1S/C30H40N5O8S/c1-18-13-30(18,41-20(14-39-26(36)42-28(2,3)4)15-40-27(37)43-29(5,6)7)16-35-17-32-22-23(35)33-25(31)34-24(22)44-21-11-9-19(38-8)10-12-21/h9-12,17-18H,13-16H2,1-8H3,(H2,31,33,34). The zero-order valence-electron chi connectivity index (χ0n) is 26.3. The quantitative estimate of drug-likeness (QED) is 0.200. The van der Waals surface area contributed by atoms with Gasteiger partial charge < -0.3 is 38.7 Å². The first-order chi connectivity index (χ1) is 20.6. The summed E-state index contributed by atoms with van der Waals surface area (Å²) in [5, 5.41) is 0.610. The van der Waals surface area contributed by atoms with Gasteiger partial charge in [-0.25, -0.2) is 19.6 Å². The van der Waals surface area contributed by atoms with Crippen LogP contribution in [0.3, 0.4) is 0 Å². The van der Waals surface area contributed by atoms with E-state index in [1.54, 1.807) is 55.0 Å². The summed E-state index contributed by atoms with van der Waals surface area (Å²) in [7, 11) is 1.61. The maximum Gasteiger partial charge on any atom is 0.508 e. The van der Waals surface area contributed by atoms with Gasteiger partial charge in [0.15, 0.2) is 11.8 Å². The van der Waals surface area contributed by atoms with Crippen molar-refractivity contribution in [1.82, 2.24) is 19.5 Å². The van der Waals surface area contributed by atoms with Gasteiger partial charge in [0, 0.05) is 4.90 Å². The van der Waals surface area contributed by atoms with Crippen LogP contribution in [0.25, 0.3) is 11.2 Å². The zero-order chi connectivity index (χ0) is 32.3. The lowest BCUT2D eigenvalue weighted by Crippen LogP contribution is -2.33. The van der Waals surface area contributed by atoms with Crippen molar-refractivity contribution in [1.29, 1.82) is 0 Å². The lowest BCUT2D eigenvalue weighted by Gasteiger charge is -2.26. The second-order valence-corrected chi connectivity index (χ2v) is 13.6. The van der Waals surface area contributed by atoms with Crippen LogP contribution < -0.4 is 10.5 Å². The second kappa shape index (κ2) is 13.1. The van der Waals surface area contributed by atoms with Crippen molar-refractivity contribution in [3.63, 3.8) is 0 Å². The van der Waals surface area contributed by atoms with Crippen LogP contribution >= 0.6 is 11.8 Å². The molecule has 0 amide bonds. The molecule has 1 aliphatic carbocycles. The van der Waals surface area contributed by atoms with E-state index in [4.69, 9.17) is 34.2 Å². The smallest absolute Gasteiger partial charge is 0.497 e. The summed E-state index contributed by atoms with van der Waals surface area (Å²) in [6, 6.07) is 7.58. The number of benzene rings is 1. The third-order valence-corrected chi connectivity index (χ3v) is 7.37. The van der Waals surface area contributed by atoms with Crippen molar-refractivity contribution >= 4 is 41.2 Å². The SMILES string of the molecule is COc1ccc(Sc2nc(N)nc3c2ncn3CC2(O[C](COC(=O)OC(C)(C)C)COC(=O)OC(C)(C)C)CC2C)cc1. The molecule has 2 atom stereocenters. The number of nitrogens with zero attached hydrogens (tertiary/aromatic N) is 4. The average Bonchev–Trinajstić information content (AvgIpc) is 3.35. The largest absolute Gasteiger partial charge is 0.508 e. The number of aromatic nitrogens is 4. The van der Waals surface area contributed by atoms with Gasteiger partial charge in [-0.2, -0.15) is 4.98 Å². The summed E-state index contributed by atoms with van der Waals surface area (Å²) in [6.45, 7) is 12.2. The van der Waals surface area contributed by atoms with E-state index >= 15 is 0 Å². The van der Waals surface area contributed by atoms with E-state index < -0.39 is 29.1 Å². The van der Waals surface area contributed by atoms with Gasteiger partial charge in [-0.05, 0) is 78.1 Å². The van der Waals surface area contributed by atoms with E-state index in [-0.39, 0.29) is 31.2 Å². The molecule has 1 radical (unpaired) electrons. The summed E-state index contributed by atoms with van der Waals surface area (Å²) < 4.78 is 34.6. The third-order valence-electron chi connectivity index (χ3n) is 6.38. The maximum absolute atomic E-state index is 12.3. The molecule has 239 valence electrons. The Bertz CT molecular complexity index is 1440. The number of hydrogen-bond donors (Lipinski definition) is 1. The third kappa shape index (κ3) is 9.11. The van der Waals surface area contributed by atoms with Crippen LogP contribution in [0.5, 0.6) is 5.75 Å². The van der Waals surface area contributed by atoms with Gasteiger partial charge in [0.05, 0.1) is 25.6 Å². The van der Waals surface area contributed by atoms with E-state index in [9.17, 15) is 9.59 Å². The van der Waals surface area contributed by atoms with E-state index in [1.165, 1.54) is 11.8 Å². The number of rotatable bonds is 11. The molecular formula is C30H40N5O8S. The van der Waals surface area contributed by atoms with Crippen LogP contribution in [0.2, 0.25) is 0 Å². The normalized spacial score (nSPS) is 18.2. The molecule has 1 saturated carbocycles. The minimum absolute atomic E-state index is 0.109. The van der Waals surface area contributed by atoms with E-state index in [0.717, 1.165) is 10.6 Å². The number of fused-ring (bicyclic) bond motifs is 1. The number of methoxy groups -OCH3 is 1. The minimum Gasteiger partial charge on any atom is -0.497 e. The van der Waals surface area contributed by atoms with Crippen LogP contribution in [0.4, 0.5) is 15.5 Å². The molecule has 3 aromatic rings. The lowest BCUT2D eigenvalue weighted by molar-refractivity contribution is -0.0618. The highest BCUT2D eigenvalue weighted by molar-refractivity contribution is 7.99. The zero-order valence-corrected chi connectivity index (χ0v) is 27.1. The molecule has 0 saturated heterocycles. The van der Waals surface area contributed by atoms with Crippen LogP contribution in [0, 0.1) is 12.0 Å². The molecule has 1 aromatic carbocycles. The van der Waals surface area contributed by atoms with Gasteiger partial charge in [0.2, 0.25) is 5.95 Å². The minimum atomic E-state index is -0.872. The summed E-state index contributed by atoms with van der Waals surface area (Å²) in [5.41, 5.74) is 5.06. The Morgan fingerprint density at radius 1 is 1.00 bits per heavy atom. The number of imidazole rings is 1. The van der Waals surface area contributed by atoms with Crippen molar-refractivity contribution in [2.75, 3.05) is 26.1 Å². The van der Waals surface area contributed by atoms with Gasteiger partial charge in [0.1, 0.15) is 40.7 Å². The lowest BCUT2D eigenvalue weighted by atomic mass is 10.2. The van der Waals surface area contributed by atoms with Crippen LogP contribution in [-0.2, 0) is 30.2 Å². The van der Waals surface area contributed by atoms with Crippen LogP contribution in [0.1, 0.15) is 54.9 Å². The van der Waals surface area contributed by atoms with E-state index in [2.05, 4.69) is 15.0 Å². The number of carbonyl (C=O) groups is 2. The number of nitrogens with two attached hydrogens (primary N) is 1. The highest BCUT2D eigenvalue weighted by atomic mass is 32.2. The fraction of sp³-hybridized carbons (Fsp3) is 0.533. The average molecular weight is 631 g/mol. The Labute approximate surface area is 261 Å².